The predicted octanol–water partition coefficient (Wildman–Crippen LogP) is 3.75. The van der Waals surface area contributed by atoms with Crippen LogP contribution in [-0.4, -0.2) is 24.6 Å². The molecule has 0 bridgehead atoms. The third kappa shape index (κ3) is 3.92. The summed E-state index contributed by atoms with van der Waals surface area (Å²) in [6.45, 7) is 3.36. The second kappa shape index (κ2) is 8.01. The Balaban J connectivity index is 1.83. The van der Waals surface area contributed by atoms with E-state index in [1.165, 1.54) is 0 Å². The van der Waals surface area contributed by atoms with E-state index in [1.54, 1.807) is 13.3 Å². The number of carbonyl (C=O) groups is 1. The number of pyridine rings is 1. The Morgan fingerprint density at radius 1 is 1.20 bits per heavy atom. The SMILES string of the molecule is CCCCOc1cccc2c1CCC(=O)N2Cc1ccc(OC)nc1. The third-order valence-electron chi connectivity index (χ3n) is 4.39. The highest BCUT2D eigenvalue weighted by atomic mass is 16.5. The number of ether oxygens (including phenoxy) is 2. The zero-order valence-corrected chi connectivity index (χ0v) is 14.8. The summed E-state index contributed by atoms with van der Waals surface area (Å²) in [6.07, 6.45) is 5.12. The van der Waals surface area contributed by atoms with Gasteiger partial charge in [0.2, 0.25) is 11.8 Å². The van der Waals surface area contributed by atoms with Gasteiger partial charge >= 0.3 is 0 Å². The molecule has 1 aliphatic heterocycles. The minimum absolute atomic E-state index is 0.133. The maximum atomic E-state index is 12.5. The van der Waals surface area contributed by atoms with Crippen LogP contribution in [0, 0.1) is 0 Å². The molecule has 2 heterocycles. The Morgan fingerprint density at radius 3 is 2.80 bits per heavy atom. The van der Waals surface area contributed by atoms with Crippen LogP contribution in [0.1, 0.15) is 37.3 Å². The fraction of sp³-hybridized carbons (Fsp3) is 0.400. The number of hydrogen-bond donors (Lipinski definition) is 0. The number of hydrogen-bond acceptors (Lipinski definition) is 4. The van der Waals surface area contributed by atoms with Gasteiger partial charge in [0.1, 0.15) is 5.75 Å². The minimum atomic E-state index is 0.133. The minimum Gasteiger partial charge on any atom is -0.493 e. The van der Waals surface area contributed by atoms with Crippen molar-refractivity contribution in [2.45, 2.75) is 39.2 Å². The summed E-state index contributed by atoms with van der Waals surface area (Å²) in [7, 11) is 1.59. The number of nitrogens with zero attached hydrogens (tertiary/aromatic N) is 2. The first-order valence-corrected chi connectivity index (χ1v) is 8.77. The molecular weight excluding hydrogens is 316 g/mol. The van der Waals surface area contributed by atoms with E-state index in [-0.39, 0.29) is 5.91 Å². The predicted molar refractivity (Wildman–Crippen MR) is 97.1 cm³/mol. The van der Waals surface area contributed by atoms with Crippen LogP contribution in [0.5, 0.6) is 11.6 Å². The van der Waals surface area contributed by atoms with E-state index in [4.69, 9.17) is 9.47 Å². The van der Waals surface area contributed by atoms with E-state index >= 15 is 0 Å². The van der Waals surface area contributed by atoms with Crippen LogP contribution in [0.25, 0.3) is 0 Å². The zero-order chi connectivity index (χ0) is 17.6. The normalized spacial score (nSPS) is 13.5. The molecule has 0 spiro atoms. The van der Waals surface area contributed by atoms with Crippen LogP contribution < -0.4 is 14.4 Å². The first-order valence-electron chi connectivity index (χ1n) is 8.77. The highest BCUT2D eigenvalue weighted by Gasteiger charge is 2.26. The smallest absolute Gasteiger partial charge is 0.227 e. The van der Waals surface area contributed by atoms with Crippen molar-refractivity contribution in [1.29, 1.82) is 0 Å². The van der Waals surface area contributed by atoms with Gasteiger partial charge in [-0.2, -0.15) is 0 Å². The van der Waals surface area contributed by atoms with Crippen LogP contribution in [0.3, 0.4) is 0 Å². The molecule has 0 fully saturated rings. The molecule has 0 radical (unpaired) electrons. The molecule has 0 saturated carbocycles. The number of methoxy groups -OCH3 is 1. The van der Waals surface area contributed by atoms with E-state index in [0.29, 0.717) is 25.5 Å². The molecule has 0 atom stereocenters. The summed E-state index contributed by atoms with van der Waals surface area (Å²) in [4.78, 5) is 18.6. The Bertz CT molecular complexity index is 728. The van der Waals surface area contributed by atoms with Gasteiger partial charge in [-0.1, -0.05) is 25.5 Å². The summed E-state index contributed by atoms with van der Waals surface area (Å²) in [5.41, 5.74) is 3.04. The molecule has 1 amide bonds. The second-order valence-electron chi connectivity index (χ2n) is 6.14. The Labute approximate surface area is 148 Å². The number of unbranched alkanes of at least 4 members (excludes halogenated alkanes) is 1. The molecule has 25 heavy (non-hydrogen) atoms. The summed E-state index contributed by atoms with van der Waals surface area (Å²) in [6, 6.07) is 9.70. The number of anilines is 1. The van der Waals surface area contributed by atoms with Crippen LogP contribution in [0.4, 0.5) is 5.69 Å². The Morgan fingerprint density at radius 2 is 2.08 bits per heavy atom. The third-order valence-corrected chi connectivity index (χ3v) is 4.39. The van der Waals surface area contributed by atoms with E-state index in [1.807, 2.05) is 35.2 Å². The average Bonchev–Trinajstić information content (AvgIpc) is 2.65. The lowest BCUT2D eigenvalue weighted by Crippen LogP contribution is -2.34. The molecule has 132 valence electrons. The topological polar surface area (TPSA) is 51.7 Å². The van der Waals surface area contributed by atoms with E-state index in [2.05, 4.69) is 11.9 Å². The highest BCUT2D eigenvalue weighted by molar-refractivity contribution is 5.96. The molecule has 5 nitrogen and oxygen atoms in total. The van der Waals surface area contributed by atoms with Crippen molar-refractivity contribution in [2.24, 2.45) is 0 Å². The van der Waals surface area contributed by atoms with Gasteiger partial charge in [-0.3, -0.25) is 4.79 Å². The maximum absolute atomic E-state index is 12.5. The summed E-state index contributed by atoms with van der Waals surface area (Å²) >= 11 is 0. The molecule has 1 aromatic heterocycles. The number of fused-ring (bicyclic) bond motifs is 1. The summed E-state index contributed by atoms with van der Waals surface area (Å²) < 4.78 is 11.0. The first kappa shape index (κ1) is 17.3. The van der Waals surface area contributed by atoms with Gasteiger partial charge in [-0.15, -0.1) is 0 Å². The molecule has 1 aliphatic rings. The maximum Gasteiger partial charge on any atom is 0.227 e. The molecule has 0 aliphatic carbocycles. The lowest BCUT2D eigenvalue weighted by molar-refractivity contribution is -0.119. The van der Waals surface area contributed by atoms with Crippen LogP contribution in [0.15, 0.2) is 36.5 Å². The average molecular weight is 340 g/mol. The zero-order valence-electron chi connectivity index (χ0n) is 14.8. The second-order valence-corrected chi connectivity index (χ2v) is 6.14. The van der Waals surface area contributed by atoms with Crippen molar-refractivity contribution in [2.75, 3.05) is 18.6 Å². The van der Waals surface area contributed by atoms with Gasteiger partial charge in [-0.05, 0) is 30.5 Å². The van der Waals surface area contributed by atoms with Gasteiger partial charge in [0.05, 0.1) is 25.9 Å². The van der Waals surface area contributed by atoms with Crippen LogP contribution >= 0.6 is 0 Å². The van der Waals surface area contributed by atoms with Crippen molar-refractivity contribution in [3.8, 4) is 11.6 Å². The fourth-order valence-electron chi connectivity index (χ4n) is 3.00. The van der Waals surface area contributed by atoms with Crippen molar-refractivity contribution < 1.29 is 14.3 Å². The van der Waals surface area contributed by atoms with E-state index in [0.717, 1.165) is 41.8 Å². The number of aromatic nitrogens is 1. The Hall–Kier alpha value is -2.56. The van der Waals surface area contributed by atoms with Gasteiger partial charge in [0, 0.05) is 24.2 Å². The summed E-state index contributed by atoms with van der Waals surface area (Å²) in [5, 5.41) is 0. The number of carbonyl (C=O) groups excluding carboxylic acids is 1. The quantitative estimate of drug-likeness (QED) is 0.720. The Kier molecular flexibility index (Phi) is 5.53. The lowest BCUT2D eigenvalue weighted by atomic mass is 9.99. The van der Waals surface area contributed by atoms with E-state index in [9.17, 15) is 4.79 Å². The van der Waals surface area contributed by atoms with Gasteiger partial charge in [0.25, 0.3) is 0 Å². The molecule has 2 aromatic rings. The van der Waals surface area contributed by atoms with E-state index < -0.39 is 0 Å². The molecule has 3 rings (SSSR count). The van der Waals surface area contributed by atoms with Crippen LogP contribution in [-0.2, 0) is 17.8 Å². The largest absolute Gasteiger partial charge is 0.493 e. The van der Waals surface area contributed by atoms with Crippen molar-refractivity contribution in [3.63, 3.8) is 0 Å². The highest BCUT2D eigenvalue weighted by Crippen LogP contribution is 2.35. The lowest BCUT2D eigenvalue weighted by Gasteiger charge is -2.30. The first-order chi connectivity index (χ1) is 12.2. The standard InChI is InChI=1S/C20H24N2O3/c1-3-4-12-25-18-7-5-6-17-16(18)9-11-20(23)22(17)14-15-8-10-19(24-2)21-13-15/h5-8,10,13H,3-4,9,11-12,14H2,1-2H3. The molecule has 1 aromatic carbocycles. The van der Waals surface area contributed by atoms with Crippen LogP contribution in [0.2, 0.25) is 0 Å². The van der Waals surface area contributed by atoms with Gasteiger partial charge < -0.3 is 14.4 Å². The van der Waals surface area contributed by atoms with Crippen molar-refractivity contribution in [3.05, 3.63) is 47.7 Å². The molecular formula is C20H24N2O3. The molecule has 0 unspecified atom stereocenters. The number of amides is 1. The van der Waals surface area contributed by atoms with Crippen molar-refractivity contribution >= 4 is 11.6 Å². The number of rotatable bonds is 7. The summed E-state index contributed by atoms with van der Waals surface area (Å²) in [5.74, 6) is 1.60. The van der Waals surface area contributed by atoms with Gasteiger partial charge in [-0.25, -0.2) is 4.98 Å². The monoisotopic (exact) mass is 340 g/mol. The molecule has 5 heteroatoms. The number of benzene rings is 1. The molecule has 0 N–H and O–H groups in total. The van der Waals surface area contributed by atoms with Gasteiger partial charge in [0.15, 0.2) is 0 Å². The molecule has 0 saturated heterocycles. The van der Waals surface area contributed by atoms with Crippen molar-refractivity contribution in [1.82, 2.24) is 4.98 Å². The fourth-order valence-corrected chi connectivity index (χ4v) is 3.00.